The molecule has 260 valence electrons. The first-order valence-electron chi connectivity index (χ1n) is 17.5. The molecule has 0 saturated heterocycles. The van der Waals surface area contributed by atoms with Gasteiger partial charge >= 0.3 is 6.18 Å². The van der Waals surface area contributed by atoms with Crippen LogP contribution in [0.25, 0.3) is 0 Å². The summed E-state index contributed by atoms with van der Waals surface area (Å²) in [5.74, 6) is 4.97. The number of hydrogen-bond acceptors (Lipinski definition) is 5. The Hall–Kier alpha value is -3.17. The van der Waals surface area contributed by atoms with Crippen LogP contribution in [0.3, 0.4) is 0 Å². The molecule has 4 fully saturated rings. The Morgan fingerprint density at radius 2 is 1.74 bits per heavy atom. The van der Waals surface area contributed by atoms with Gasteiger partial charge in [-0.15, -0.1) is 0 Å². The lowest BCUT2D eigenvalue weighted by Crippen LogP contribution is -2.33. The molecule has 0 aliphatic heterocycles. The van der Waals surface area contributed by atoms with Crippen molar-refractivity contribution in [3.8, 4) is 5.75 Å². The molecule has 4 aliphatic rings. The molecule has 10 heteroatoms. The van der Waals surface area contributed by atoms with Crippen LogP contribution in [-0.4, -0.2) is 39.9 Å². The molecular formula is C37H52F3N3O4. The number of ether oxygens (including phenoxy) is 1. The van der Waals surface area contributed by atoms with E-state index in [1.165, 1.54) is 64.4 Å². The largest absolute Gasteiger partial charge is 0.490 e. The smallest absolute Gasteiger partial charge is 0.423 e. The molecule has 4 atom stereocenters. The van der Waals surface area contributed by atoms with Crippen LogP contribution in [0.5, 0.6) is 5.75 Å². The van der Waals surface area contributed by atoms with Crippen LogP contribution in [0.15, 0.2) is 36.5 Å². The number of nitro groups is 1. The monoisotopic (exact) mass is 659 g/mol. The quantitative estimate of drug-likeness (QED) is 0.198. The van der Waals surface area contributed by atoms with E-state index in [1.54, 1.807) is 0 Å². The van der Waals surface area contributed by atoms with Crippen molar-refractivity contribution in [3.05, 3.63) is 63.5 Å². The van der Waals surface area contributed by atoms with Crippen molar-refractivity contribution in [3.63, 3.8) is 0 Å². The summed E-state index contributed by atoms with van der Waals surface area (Å²) in [6.45, 7) is 12.0. The van der Waals surface area contributed by atoms with Crippen molar-refractivity contribution >= 4 is 11.6 Å². The third kappa shape index (κ3) is 9.47. The Labute approximate surface area is 277 Å². The van der Waals surface area contributed by atoms with E-state index in [9.17, 15) is 28.1 Å². The van der Waals surface area contributed by atoms with Gasteiger partial charge in [0.1, 0.15) is 11.3 Å². The number of hydrogen-bond donors (Lipinski definition) is 0. The van der Waals surface area contributed by atoms with Crippen LogP contribution in [0.4, 0.5) is 18.9 Å². The maximum Gasteiger partial charge on any atom is 0.423 e. The van der Waals surface area contributed by atoms with E-state index in [0.717, 1.165) is 85.0 Å². The first-order valence-corrected chi connectivity index (χ1v) is 17.5. The fraction of sp³-hybridized carbons (Fsp3) is 0.676. The lowest BCUT2D eigenvalue weighted by molar-refractivity contribution is -0.388. The molecule has 1 spiro atoms. The van der Waals surface area contributed by atoms with Crippen molar-refractivity contribution < 1.29 is 27.6 Å². The highest BCUT2D eigenvalue weighted by molar-refractivity contribution is 5.76. The highest BCUT2D eigenvalue weighted by Gasteiger charge is 2.70. The fourth-order valence-corrected chi connectivity index (χ4v) is 7.99. The average Bonchev–Trinajstić information content (AvgIpc) is 3.74. The zero-order valence-electron chi connectivity index (χ0n) is 28.7. The topological polar surface area (TPSA) is 85.6 Å². The predicted molar refractivity (Wildman–Crippen MR) is 177 cm³/mol. The van der Waals surface area contributed by atoms with Gasteiger partial charge in [0.25, 0.3) is 5.69 Å². The van der Waals surface area contributed by atoms with Gasteiger partial charge in [0.2, 0.25) is 5.91 Å². The van der Waals surface area contributed by atoms with Gasteiger partial charge < -0.3 is 9.64 Å². The molecular weight excluding hydrogens is 607 g/mol. The first kappa shape index (κ1) is 36.7. The molecule has 2 aromatic rings. The summed E-state index contributed by atoms with van der Waals surface area (Å²) in [5.41, 5.74) is 0.0101. The van der Waals surface area contributed by atoms with Crippen LogP contribution >= 0.6 is 0 Å². The Kier molecular flexibility index (Phi) is 12.3. The molecule has 4 aliphatic carbocycles. The maximum absolute atomic E-state index is 12.4. The van der Waals surface area contributed by atoms with Gasteiger partial charge in [0.05, 0.1) is 11.0 Å². The van der Waals surface area contributed by atoms with Gasteiger partial charge in [-0.05, 0) is 119 Å². The van der Waals surface area contributed by atoms with Crippen LogP contribution in [0.2, 0.25) is 0 Å². The molecule has 1 aromatic carbocycles. The van der Waals surface area contributed by atoms with Gasteiger partial charge in [-0.25, -0.2) is 0 Å². The third-order valence-electron chi connectivity index (χ3n) is 10.7. The summed E-state index contributed by atoms with van der Waals surface area (Å²) in [6.07, 6.45) is 11.3. The van der Waals surface area contributed by atoms with E-state index in [0.29, 0.717) is 17.6 Å². The third-order valence-corrected chi connectivity index (χ3v) is 10.7. The van der Waals surface area contributed by atoms with Gasteiger partial charge in [-0.3, -0.25) is 19.9 Å². The molecule has 1 amide bonds. The lowest BCUT2D eigenvalue weighted by atomic mass is 9.71. The molecule has 0 bridgehead atoms. The molecule has 1 aromatic heterocycles. The van der Waals surface area contributed by atoms with Gasteiger partial charge in [-0.1, -0.05) is 32.4 Å². The van der Waals surface area contributed by atoms with Gasteiger partial charge in [-0.2, -0.15) is 13.2 Å². The summed E-state index contributed by atoms with van der Waals surface area (Å²) in [6, 6.07) is 6.85. The summed E-state index contributed by atoms with van der Waals surface area (Å²) in [5, 5.41) is 10.3. The molecule has 7 nitrogen and oxygen atoms in total. The lowest BCUT2D eigenvalue weighted by Gasteiger charge is -2.34. The Bertz CT molecular complexity index is 1350. The Morgan fingerprint density at radius 1 is 1.06 bits per heavy atom. The second-order valence-corrected chi connectivity index (χ2v) is 14.3. The van der Waals surface area contributed by atoms with E-state index in [1.807, 2.05) is 25.3 Å². The molecule has 1 heterocycles. The number of aromatic nitrogens is 1. The average molecular weight is 660 g/mol. The number of nitro benzene ring substituents is 1. The molecule has 4 saturated carbocycles. The summed E-state index contributed by atoms with van der Waals surface area (Å²) < 4.78 is 42.8. The van der Waals surface area contributed by atoms with Crippen LogP contribution < -0.4 is 4.74 Å². The number of halogens is 3. The van der Waals surface area contributed by atoms with Crippen molar-refractivity contribution in [2.45, 2.75) is 118 Å². The first-order chi connectivity index (χ1) is 22.3. The number of amides is 1. The molecule has 6 rings (SSSR count). The second kappa shape index (κ2) is 15.8. The second-order valence-electron chi connectivity index (χ2n) is 14.3. The zero-order valence-corrected chi connectivity index (χ0v) is 28.7. The SMILES string of the molecule is CCCN(CCC)C(=O)CC1CC2CCC23CC13.Cc1cc(OC2CCC(C)CC2)ccn1.Cc1ccc([N+](=O)[O-])c(C(F)(F)F)c1. The van der Waals surface area contributed by atoms with E-state index < -0.39 is 22.4 Å². The summed E-state index contributed by atoms with van der Waals surface area (Å²) >= 11 is 0. The van der Waals surface area contributed by atoms with E-state index in [2.05, 4.69) is 30.7 Å². The molecule has 0 radical (unpaired) electrons. The summed E-state index contributed by atoms with van der Waals surface area (Å²) in [4.78, 5) is 27.9. The fourth-order valence-electron chi connectivity index (χ4n) is 7.99. The standard InChI is InChI=1S/C16H27NO.C13H19NO.C8H6F3NO2/c1-3-7-17(8-4-2)15(18)10-12-9-13-5-6-16(13)11-14(12)16;1-10-3-5-12(6-4-10)15-13-7-8-14-11(2)9-13;1-5-2-3-7(12(13)14)6(4-5)8(9,10)11/h12-14H,3-11H2,1-2H3;7-10,12H,3-6H2,1-2H3;2-4H,1H3. The number of aryl methyl sites for hydroxylation is 2. The van der Waals surface area contributed by atoms with E-state index in [4.69, 9.17) is 4.74 Å². The molecule has 47 heavy (non-hydrogen) atoms. The van der Waals surface area contributed by atoms with Gasteiger partial charge in [0, 0.05) is 43.5 Å². The number of pyridine rings is 1. The number of rotatable bonds is 9. The van der Waals surface area contributed by atoms with E-state index >= 15 is 0 Å². The van der Waals surface area contributed by atoms with Crippen molar-refractivity contribution in [1.29, 1.82) is 0 Å². The minimum absolute atomic E-state index is 0.336. The number of alkyl halides is 3. The predicted octanol–water partition coefficient (Wildman–Crippen LogP) is 9.73. The van der Waals surface area contributed by atoms with E-state index in [-0.39, 0.29) is 0 Å². The summed E-state index contributed by atoms with van der Waals surface area (Å²) in [7, 11) is 0. The normalized spacial score (nSPS) is 27.0. The van der Waals surface area contributed by atoms with Crippen molar-refractivity contribution in [2.75, 3.05) is 13.1 Å². The Balaban J connectivity index is 0.000000161. The van der Waals surface area contributed by atoms with Crippen LogP contribution in [0.1, 0.15) is 108 Å². The molecule has 4 unspecified atom stereocenters. The maximum atomic E-state index is 12.4. The zero-order chi connectivity index (χ0) is 34.4. The Morgan fingerprint density at radius 3 is 2.23 bits per heavy atom. The highest BCUT2D eigenvalue weighted by atomic mass is 19.4. The number of carbonyl (C=O) groups is 1. The number of carbonyl (C=O) groups excluding carboxylic acids is 1. The number of benzene rings is 1. The van der Waals surface area contributed by atoms with Crippen LogP contribution in [-0.2, 0) is 11.0 Å². The van der Waals surface area contributed by atoms with Crippen molar-refractivity contribution in [2.24, 2.45) is 29.1 Å². The van der Waals surface area contributed by atoms with Gasteiger partial charge in [0.15, 0.2) is 0 Å². The van der Waals surface area contributed by atoms with Crippen molar-refractivity contribution in [1.82, 2.24) is 9.88 Å². The van der Waals surface area contributed by atoms with Crippen LogP contribution in [0, 0.1) is 53.0 Å². The highest BCUT2D eigenvalue weighted by Crippen LogP contribution is 2.78. The number of nitrogens with zero attached hydrogens (tertiary/aromatic N) is 3. The minimum Gasteiger partial charge on any atom is -0.490 e. The molecule has 0 N–H and O–H groups in total. The minimum atomic E-state index is -4.69.